The third kappa shape index (κ3) is 10.0. The van der Waals surface area contributed by atoms with Gasteiger partial charge in [0.05, 0.1) is 29.8 Å². The van der Waals surface area contributed by atoms with Crippen LogP contribution in [0.5, 0.6) is 0 Å². The van der Waals surface area contributed by atoms with E-state index in [4.69, 9.17) is 0 Å². The molecule has 12 nitrogen and oxygen atoms in total. The highest BCUT2D eigenvalue weighted by Gasteiger charge is 2.20. The van der Waals surface area contributed by atoms with Gasteiger partial charge < -0.3 is 25.8 Å². The number of anilines is 3. The second-order valence-corrected chi connectivity index (χ2v) is 9.89. The second kappa shape index (κ2) is 16.5. The molecule has 2 heterocycles. The van der Waals surface area contributed by atoms with Crippen molar-refractivity contribution in [3.8, 4) is 17.5 Å². The molecule has 2 aromatic heterocycles. The quantitative estimate of drug-likeness (QED) is 0.151. The van der Waals surface area contributed by atoms with Crippen LogP contribution in [0.1, 0.15) is 38.7 Å². The van der Waals surface area contributed by atoms with E-state index in [0.29, 0.717) is 43.3 Å². The van der Waals surface area contributed by atoms with Crippen LogP contribution in [0.2, 0.25) is 0 Å². The molecule has 0 aliphatic rings. The van der Waals surface area contributed by atoms with Crippen molar-refractivity contribution < 1.29 is 9.59 Å². The highest BCUT2D eigenvalue weighted by Crippen LogP contribution is 2.19. The van der Waals surface area contributed by atoms with E-state index in [1.165, 1.54) is 11.0 Å². The molecule has 3 aromatic rings. The SMILES string of the molecule is CCCNc1nc(Nc2ccc(-n3ccnn3)cc2)ncc1C#CCCCNC(=O)[C@H](C)N(C)C(=O)/C=C/CN(C)C. The summed E-state index contributed by atoms with van der Waals surface area (Å²) in [5.74, 6) is 7.02. The summed E-state index contributed by atoms with van der Waals surface area (Å²) in [6.45, 7) is 5.67. The monoisotopic (exact) mass is 572 g/mol. The number of carbonyl (C=O) groups excluding carboxylic acids is 2. The molecule has 0 aliphatic heterocycles. The van der Waals surface area contributed by atoms with Crippen molar-refractivity contribution in [2.45, 2.75) is 39.2 Å². The lowest BCUT2D eigenvalue weighted by Crippen LogP contribution is -2.45. The van der Waals surface area contributed by atoms with Gasteiger partial charge >= 0.3 is 0 Å². The Morgan fingerprint density at radius 1 is 1.14 bits per heavy atom. The molecule has 42 heavy (non-hydrogen) atoms. The standard InChI is InChI=1S/C30H40N10O2/c1-6-17-31-28-24(22-33-30(36-28)35-25-13-15-26(16-14-25)40-21-19-34-37-40)11-8-7-9-18-32-29(42)23(2)39(5)27(41)12-10-20-38(3)4/h10,12-16,19,21-23H,6-7,9,17-18,20H2,1-5H3,(H,32,42)(H2,31,33,35,36)/b12-10+/t23-/m0/s1. The molecule has 0 fully saturated rings. The van der Waals surface area contributed by atoms with Crippen LogP contribution in [0.25, 0.3) is 5.69 Å². The zero-order chi connectivity index (χ0) is 30.3. The van der Waals surface area contributed by atoms with Gasteiger partial charge in [-0.15, -0.1) is 5.10 Å². The van der Waals surface area contributed by atoms with Crippen molar-refractivity contribution in [1.82, 2.24) is 40.1 Å². The molecular formula is C30H40N10O2. The Morgan fingerprint density at radius 3 is 2.62 bits per heavy atom. The summed E-state index contributed by atoms with van der Waals surface area (Å²) >= 11 is 0. The Balaban J connectivity index is 1.50. The average Bonchev–Trinajstić information content (AvgIpc) is 3.53. The summed E-state index contributed by atoms with van der Waals surface area (Å²) in [7, 11) is 5.47. The lowest BCUT2D eigenvalue weighted by molar-refractivity contribution is -0.135. The molecule has 0 bridgehead atoms. The van der Waals surface area contributed by atoms with Gasteiger partial charge in [0.25, 0.3) is 0 Å². The maximum atomic E-state index is 12.5. The Hall–Kier alpha value is -4.76. The molecule has 222 valence electrons. The Morgan fingerprint density at radius 2 is 1.93 bits per heavy atom. The number of likely N-dealkylation sites (N-methyl/N-ethyl adjacent to an activating group) is 2. The van der Waals surface area contributed by atoms with Crippen molar-refractivity contribution in [3.05, 3.63) is 60.6 Å². The zero-order valence-corrected chi connectivity index (χ0v) is 25.0. The van der Waals surface area contributed by atoms with Gasteiger partial charge in [-0.25, -0.2) is 9.67 Å². The number of benzene rings is 1. The van der Waals surface area contributed by atoms with Crippen LogP contribution in [0.4, 0.5) is 17.5 Å². The van der Waals surface area contributed by atoms with Crippen molar-refractivity contribution >= 4 is 29.3 Å². The van der Waals surface area contributed by atoms with Gasteiger partial charge in [0.2, 0.25) is 17.8 Å². The van der Waals surface area contributed by atoms with E-state index in [2.05, 4.69) is 55.0 Å². The van der Waals surface area contributed by atoms with E-state index in [1.807, 2.05) is 43.3 Å². The van der Waals surface area contributed by atoms with E-state index in [1.54, 1.807) is 43.3 Å². The van der Waals surface area contributed by atoms with Crippen LogP contribution in [-0.4, -0.2) is 93.4 Å². The molecule has 0 spiro atoms. The molecule has 0 aliphatic carbocycles. The van der Waals surface area contributed by atoms with Gasteiger partial charge in [0, 0.05) is 44.9 Å². The first-order chi connectivity index (χ1) is 20.3. The first kappa shape index (κ1) is 31.8. The fraction of sp³-hybridized carbons (Fsp3) is 0.400. The fourth-order valence-electron chi connectivity index (χ4n) is 3.63. The molecule has 12 heteroatoms. The van der Waals surface area contributed by atoms with Gasteiger partial charge in [-0.2, -0.15) is 4.98 Å². The fourth-order valence-corrected chi connectivity index (χ4v) is 3.63. The lowest BCUT2D eigenvalue weighted by atomic mass is 10.2. The minimum atomic E-state index is -0.573. The molecular weight excluding hydrogens is 532 g/mol. The van der Waals surface area contributed by atoms with Gasteiger partial charge in [0.1, 0.15) is 11.9 Å². The van der Waals surface area contributed by atoms with Gasteiger partial charge in [-0.05, 0) is 58.1 Å². The van der Waals surface area contributed by atoms with Crippen molar-refractivity contribution in [2.75, 3.05) is 51.4 Å². The summed E-state index contributed by atoms with van der Waals surface area (Å²) in [6.07, 6.45) is 10.6. The number of unbranched alkanes of at least 4 members (excludes halogenated alkanes) is 1. The van der Waals surface area contributed by atoms with Crippen molar-refractivity contribution in [3.63, 3.8) is 0 Å². The number of carbonyl (C=O) groups is 2. The molecule has 3 rings (SSSR count). The maximum absolute atomic E-state index is 12.5. The minimum Gasteiger partial charge on any atom is -0.369 e. The van der Waals surface area contributed by atoms with Crippen LogP contribution >= 0.6 is 0 Å². The van der Waals surface area contributed by atoms with Crippen LogP contribution in [-0.2, 0) is 9.59 Å². The van der Waals surface area contributed by atoms with Crippen LogP contribution in [0.15, 0.2) is 55.0 Å². The van der Waals surface area contributed by atoms with Crippen LogP contribution < -0.4 is 16.0 Å². The number of aromatic nitrogens is 5. The number of hydrogen-bond acceptors (Lipinski definition) is 9. The van der Waals surface area contributed by atoms with Gasteiger partial charge in [-0.1, -0.05) is 30.1 Å². The molecule has 1 atom stereocenters. The number of amides is 2. The van der Waals surface area contributed by atoms with E-state index in [0.717, 1.165) is 24.3 Å². The van der Waals surface area contributed by atoms with Crippen molar-refractivity contribution in [1.29, 1.82) is 0 Å². The number of nitrogens with one attached hydrogen (secondary N) is 3. The van der Waals surface area contributed by atoms with Crippen LogP contribution in [0.3, 0.4) is 0 Å². The molecule has 0 unspecified atom stereocenters. The highest BCUT2D eigenvalue weighted by atomic mass is 16.2. The van der Waals surface area contributed by atoms with E-state index < -0.39 is 6.04 Å². The number of nitrogens with zero attached hydrogens (tertiary/aromatic N) is 7. The van der Waals surface area contributed by atoms with Crippen molar-refractivity contribution in [2.24, 2.45) is 0 Å². The largest absolute Gasteiger partial charge is 0.369 e. The Bertz CT molecular complexity index is 1380. The first-order valence-electron chi connectivity index (χ1n) is 14.0. The molecule has 0 saturated heterocycles. The number of hydrogen-bond donors (Lipinski definition) is 3. The molecule has 2 amide bonds. The predicted molar refractivity (Wildman–Crippen MR) is 165 cm³/mol. The zero-order valence-electron chi connectivity index (χ0n) is 25.0. The van der Waals surface area contributed by atoms with E-state index in [9.17, 15) is 9.59 Å². The normalized spacial score (nSPS) is 11.6. The molecule has 0 saturated carbocycles. The molecule has 3 N–H and O–H groups in total. The Labute approximate surface area is 247 Å². The van der Waals surface area contributed by atoms with Gasteiger partial charge in [0.15, 0.2) is 0 Å². The first-order valence-corrected chi connectivity index (χ1v) is 14.0. The second-order valence-electron chi connectivity index (χ2n) is 9.89. The Kier molecular flexibility index (Phi) is 12.5. The van der Waals surface area contributed by atoms with E-state index in [-0.39, 0.29) is 11.8 Å². The molecule has 0 radical (unpaired) electrons. The predicted octanol–water partition coefficient (Wildman–Crippen LogP) is 2.84. The third-order valence-corrected chi connectivity index (χ3v) is 6.18. The van der Waals surface area contributed by atoms with Crippen LogP contribution in [0, 0.1) is 11.8 Å². The lowest BCUT2D eigenvalue weighted by Gasteiger charge is -2.23. The molecule has 1 aromatic carbocycles. The summed E-state index contributed by atoms with van der Waals surface area (Å²) in [6, 6.07) is 7.13. The summed E-state index contributed by atoms with van der Waals surface area (Å²) in [5, 5.41) is 17.3. The smallest absolute Gasteiger partial charge is 0.246 e. The van der Waals surface area contributed by atoms with E-state index >= 15 is 0 Å². The number of rotatable bonds is 14. The summed E-state index contributed by atoms with van der Waals surface area (Å²) in [4.78, 5) is 37.2. The highest BCUT2D eigenvalue weighted by molar-refractivity contribution is 5.92. The summed E-state index contributed by atoms with van der Waals surface area (Å²) in [5.41, 5.74) is 2.44. The third-order valence-electron chi connectivity index (χ3n) is 6.18. The topological polar surface area (TPSA) is 133 Å². The van der Waals surface area contributed by atoms with Gasteiger partial charge in [-0.3, -0.25) is 9.59 Å². The average molecular weight is 573 g/mol. The summed E-state index contributed by atoms with van der Waals surface area (Å²) < 4.78 is 1.68. The maximum Gasteiger partial charge on any atom is 0.246 e. The minimum absolute atomic E-state index is 0.199.